The number of nitrogen functional groups attached to an aromatic ring is 1. The van der Waals surface area contributed by atoms with Gasteiger partial charge in [-0.1, -0.05) is 29.8 Å². The summed E-state index contributed by atoms with van der Waals surface area (Å²) in [6.07, 6.45) is -2.14. The Morgan fingerprint density at radius 2 is 1.57 bits per heavy atom. The van der Waals surface area contributed by atoms with Crippen molar-refractivity contribution in [1.29, 1.82) is 0 Å². The summed E-state index contributed by atoms with van der Waals surface area (Å²) in [4.78, 5) is 50.8. The number of amides is 4. The molecule has 0 unspecified atom stereocenters. The van der Waals surface area contributed by atoms with Crippen molar-refractivity contribution < 1.29 is 27.6 Å². The number of piperazine rings is 1. The molecule has 0 aliphatic carbocycles. The van der Waals surface area contributed by atoms with E-state index in [1.165, 1.54) is 6.07 Å². The topological polar surface area (TPSA) is 105 Å². The number of nitrogens with two attached hydrogens (primary N) is 1. The van der Waals surface area contributed by atoms with Crippen LogP contribution in [0, 0.1) is 5.92 Å². The zero-order chi connectivity index (χ0) is 34.9. The average Bonchev–Trinajstić information content (AvgIpc) is 3.09. The number of hydrogen-bond donors (Lipinski definition) is 2. The van der Waals surface area contributed by atoms with Gasteiger partial charge in [0.1, 0.15) is 0 Å². The molecule has 10 nitrogen and oxygen atoms in total. The summed E-state index contributed by atoms with van der Waals surface area (Å²) in [6.45, 7) is 6.36. The molecule has 14 heteroatoms. The minimum absolute atomic E-state index is 0.0471. The molecule has 0 aromatic heterocycles. The van der Waals surface area contributed by atoms with E-state index in [-0.39, 0.29) is 47.3 Å². The number of anilines is 2. The molecule has 2 aromatic carbocycles. The highest BCUT2D eigenvalue weighted by Crippen LogP contribution is 2.39. The minimum atomic E-state index is -4.72. The summed E-state index contributed by atoms with van der Waals surface area (Å²) < 4.78 is 41.4. The fourth-order valence-corrected chi connectivity index (χ4v) is 7.98. The predicted molar refractivity (Wildman–Crippen MR) is 182 cm³/mol. The van der Waals surface area contributed by atoms with Crippen molar-refractivity contribution in [3.8, 4) is 0 Å². The van der Waals surface area contributed by atoms with Crippen molar-refractivity contribution in [2.75, 3.05) is 70.5 Å². The zero-order valence-corrected chi connectivity index (χ0v) is 28.6. The highest BCUT2D eigenvalue weighted by atomic mass is 35.5. The Balaban J connectivity index is 1.13. The first-order valence-electron chi connectivity index (χ1n) is 17.2. The number of carbonyl (C=O) groups is 3. The van der Waals surface area contributed by atoms with E-state index >= 15 is 0 Å². The third kappa shape index (κ3) is 8.10. The number of likely N-dealkylation sites (tertiary alicyclic amines) is 2. The predicted octanol–water partition coefficient (Wildman–Crippen LogP) is 4.77. The third-order valence-electron chi connectivity index (χ3n) is 10.7. The first kappa shape index (κ1) is 35.3. The molecular formula is C35H45ClF3N7O3. The quantitative estimate of drug-likeness (QED) is 0.403. The summed E-state index contributed by atoms with van der Waals surface area (Å²) in [5.41, 5.74) is 6.12. The summed E-state index contributed by atoms with van der Waals surface area (Å²) in [5.74, 6) is -1.32. The molecule has 0 spiro atoms. The van der Waals surface area contributed by atoms with Crippen molar-refractivity contribution in [3.05, 3.63) is 58.1 Å². The Morgan fingerprint density at radius 1 is 0.939 bits per heavy atom. The van der Waals surface area contributed by atoms with Crippen LogP contribution in [0.2, 0.25) is 5.02 Å². The summed E-state index contributed by atoms with van der Waals surface area (Å²) >= 11 is 6.14. The van der Waals surface area contributed by atoms with Crippen LogP contribution in [-0.4, -0.2) is 114 Å². The first-order valence-corrected chi connectivity index (χ1v) is 17.5. The molecule has 6 rings (SSSR count). The Kier molecular flexibility index (Phi) is 10.6. The molecule has 49 heavy (non-hydrogen) atoms. The van der Waals surface area contributed by atoms with E-state index in [0.717, 1.165) is 56.3 Å². The number of likely N-dealkylation sites (N-methyl/N-ethyl adjacent to an activating group) is 1. The number of para-hydroxylation sites is 1. The number of halogens is 4. The molecule has 3 saturated heterocycles. The summed E-state index contributed by atoms with van der Waals surface area (Å²) in [7, 11) is 2.11. The molecule has 4 aliphatic heterocycles. The number of nitrogens with one attached hydrogen (secondary N) is 1. The van der Waals surface area contributed by atoms with Crippen molar-refractivity contribution in [2.45, 2.75) is 63.3 Å². The SMILES string of the molecule is CN1CCN(C2CCN(C(=O)[C@H](CC(=O)N3CCC(N4Cc5ccccc5NC4=O)CC3)Cc3cc(Cl)c(N)c(C(F)(F)F)c3)CC2)CC1. The van der Waals surface area contributed by atoms with E-state index in [1.807, 2.05) is 29.2 Å². The van der Waals surface area contributed by atoms with Gasteiger partial charge in [-0.2, -0.15) is 13.2 Å². The minimum Gasteiger partial charge on any atom is -0.397 e. The van der Waals surface area contributed by atoms with Crippen LogP contribution in [0.15, 0.2) is 36.4 Å². The lowest BCUT2D eigenvalue weighted by Crippen LogP contribution is -2.54. The molecule has 3 fully saturated rings. The van der Waals surface area contributed by atoms with Gasteiger partial charge in [0, 0.05) is 83.1 Å². The highest BCUT2D eigenvalue weighted by Gasteiger charge is 2.38. The molecule has 266 valence electrons. The van der Waals surface area contributed by atoms with Gasteiger partial charge in [0.05, 0.1) is 22.2 Å². The van der Waals surface area contributed by atoms with Crippen molar-refractivity contribution in [1.82, 2.24) is 24.5 Å². The van der Waals surface area contributed by atoms with Crippen LogP contribution in [-0.2, 0) is 28.7 Å². The van der Waals surface area contributed by atoms with E-state index in [2.05, 4.69) is 22.2 Å². The number of carbonyl (C=O) groups excluding carboxylic acids is 3. The lowest BCUT2D eigenvalue weighted by atomic mass is 9.91. The maximum atomic E-state index is 14.1. The van der Waals surface area contributed by atoms with E-state index in [1.54, 1.807) is 9.80 Å². The number of hydrogen-bond acceptors (Lipinski definition) is 6. The largest absolute Gasteiger partial charge is 0.418 e. The van der Waals surface area contributed by atoms with E-state index in [9.17, 15) is 27.6 Å². The summed E-state index contributed by atoms with van der Waals surface area (Å²) in [5, 5.41) is 2.72. The van der Waals surface area contributed by atoms with Crippen LogP contribution in [0.1, 0.15) is 48.8 Å². The lowest BCUT2D eigenvalue weighted by Gasteiger charge is -2.43. The van der Waals surface area contributed by atoms with E-state index < -0.39 is 23.3 Å². The van der Waals surface area contributed by atoms with Gasteiger partial charge in [0.15, 0.2) is 0 Å². The first-order chi connectivity index (χ1) is 23.4. The van der Waals surface area contributed by atoms with Crippen LogP contribution >= 0.6 is 11.6 Å². The van der Waals surface area contributed by atoms with Gasteiger partial charge in [0.25, 0.3) is 0 Å². The van der Waals surface area contributed by atoms with Crippen LogP contribution in [0.3, 0.4) is 0 Å². The third-order valence-corrected chi connectivity index (χ3v) is 11.0. The molecule has 3 N–H and O–H groups in total. The molecule has 0 radical (unpaired) electrons. The van der Waals surface area contributed by atoms with Crippen LogP contribution < -0.4 is 11.1 Å². The van der Waals surface area contributed by atoms with Gasteiger partial charge in [0.2, 0.25) is 11.8 Å². The van der Waals surface area contributed by atoms with Gasteiger partial charge in [-0.25, -0.2) is 4.79 Å². The molecule has 2 aromatic rings. The molecule has 0 saturated carbocycles. The Morgan fingerprint density at radius 3 is 2.24 bits per heavy atom. The maximum absolute atomic E-state index is 14.1. The number of nitrogens with zero attached hydrogens (tertiary/aromatic N) is 5. The normalized spacial score (nSPS) is 21.0. The van der Waals surface area contributed by atoms with Gasteiger partial charge in [-0.3, -0.25) is 14.5 Å². The van der Waals surface area contributed by atoms with E-state index in [4.69, 9.17) is 17.3 Å². The number of piperidine rings is 2. The molecule has 4 heterocycles. The van der Waals surface area contributed by atoms with Gasteiger partial charge in [-0.15, -0.1) is 0 Å². The molecular weight excluding hydrogens is 659 g/mol. The fourth-order valence-electron chi connectivity index (χ4n) is 7.74. The van der Waals surface area contributed by atoms with Gasteiger partial charge in [-0.05, 0) is 68.5 Å². The number of fused-ring (bicyclic) bond motifs is 1. The monoisotopic (exact) mass is 703 g/mol. The number of alkyl halides is 3. The second kappa shape index (κ2) is 14.7. The lowest BCUT2D eigenvalue weighted by molar-refractivity contribution is -0.143. The van der Waals surface area contributed by atoms with E-state index in [0.29, 0.717) is 51.6 Å². The zero-order valence-electron chi connectivity index (χ0n) is 27.9. The van der Waals surface area contributed by atoms with Crippen LogP contribution in [0.5, 0.6) is 0 Å². The highest BCUT2D eigenvalue weighted by molar-refractivity contribution is 6.33. The number of rotatable bonds is 7. The molecule has 4 amide bonds. The molecule has 4 aliphatic rings. The van der Waals surface area contributed by atoms with Gasteiger partial charge >= 0.3 is 12.2 Å². The van der Waals surface area contributed by atoms with Crippen LogP contribution in [0.4, 0.5) is 29.3 Å². The van der Waals surface area contributed by atoms with Crippen molar-refractivity contribution >= 4 is 40.8 Å². The smallest absolute Gasteiger partial charge is 0.397 e. The Labute approximate surface area is 290 Å². The van der Waals surface area contributed by atoms with Crippen LogP contribution in [0.25, 0.3) is 0 Å². The average molecular weight is 704 g/mol. The Hall–Kier alpha value is -3.55. The number of benzene rings is 2. The standard InChI is InChI=1S/C35H45ClF3N7O3/c1-42-14-16-43(17-15-42)26-6-12-45(13-7-26)33(48)25(18-23-19-28(35(37,38)39)32(40)29(36)20-23)21-31(47)44-10-8-27(9-11-44)46-22-24-4-2-3-5-30(24)41-34(46)49/h2-5,19-20,25-27H,6-18,21-22,40H2,1H3,(H,41,49)/t25-/m0/s1. The molecule has 1 atom stereocenters. The van der Waals surface area contributed by atoms with Crippen molar-refractivity contribution in [3.63, 3.8) is 0 Å². The maximum Gasteiger partial charge on any atom is 0.418 e. The second-order valence-electron chi connectivity index (χ2n) is 13.9. The summed E-state index contributed by atoms with van der Waals surface area (Å²) in [6, 6.07) is 10.2. The fraction of sp³-hybridized carbons (Fsp3) is 0.571. The van der Waals surface area contributed by atoms with Crippen molar-refractivity contribution in [2.24, 2.45) is 5.92 Å². The number of urea groups is 1. The Bertz CT molecular complexity index is 1530. The van der Waals surface area contributed by atoms with Gasteiger partial charge < -0.3 is 30.7 Å². The molecule has 0 bridgehead atoms. The second-order valence-corrected chi connectivity index (χ2v) is 14.3.